The lowest BCUT2D eigenvalue weighted by Crippen LogP contribution is -1.96. The van der Waals surface area contributed by atoms with Crippen LogP contribution in [0.4, 0.5) is 5.82 Å². The number of nitrogens with zero attached hydrogens (tertiary/aromatic N) is 2. The minimum Gasteiger partial charge on any atom is -0.493 e. The highest BCUT2D eigenvalue weighted by atomic mass is 35.5. The van der Waals surface area contributed by atoms with Crippen LogP contribution in [0.25, 0.3) is 0 Å². The molecule has 1 heterocycles. The summed E-state index contributed by atoms with van der Waals surface area (Å²) in [4.78, 5) is 7.97. The molecule has 0 radical (unpaired) electrons. The van der Waals surface area contributed by atoms with Gasteiger partial charge in [0.15, 0.2) is 5.16 Å². The first kappa shape index (κ1) is 13.0. The number of hydrogen-bond acceptors (Lipinski definition) is 5. The van der Waals surface area contributed by atoms with Crippen molar-refractivity contribution >= 4 is 29.2 Å². The van der Waals surface area contributed by atoms with Crippen molar-refractivity contribution in [2.45, 2.75) is 17.3 Å². The summed E-state index contributed by atoms with van der Waals surface area (Å²) < 4.78 is 0. The van der Waals surface area contributed by atoms with E-state index in [1.54, 1.807) is 0 Å². The van der Waals surface area contributed by atoms with Gasteiger partial charge in [0, 0.05) is 16.3 Å². The van der Waals surface area contributed by atoms with Gasteiger partial charge in [0.2, 0.25) is 5.88 Å². The lowest BCUT2D eigenvalue weighted by molar-refractivity contribution is 0.446. The van der Waals surface area contributed by atoms with Crippen molar-refractivity contribution < 1.29 is 5.11 Å². The van der Waals surface area contributed by atoms with E-state index in [9.17, 15) is 5.11 Å². The van der Waals surface area contributed by atoms with Crippen molar-refractivity contribution in [3.63, 3.8) is 0 Å². The van der Waals surface area contributed by atoms with Crippen LogP contribution >= 0.6 is 23.4 Å². The maximum atomic E-state index is 9.36. The first-order valence-electron chi connectivity index (χ1n) is 5.31. The summed E-state index contributed by atoms with van der Waals surface area (Å²) in [7, 11) is 0. The number of aromatic hydroxyl groups is 1. The van der Waals surface area contributed by atoms with Crippen LogP contribution in [0.5, 0.6) is 5.88 Å². The topological polar surface area (TPSA) is 72.0 Å². The van der Waals surface area contributed by atoms with Gasteiger partial charge >= 0.3 is 0 Å². The smallest absolute Gasteiger partial charge is 0.216 e. The summed E-state index contributed by atoms with van der Waals surface area (Å²) >= 11 is 7.51. The van der Waals surface area contributed by atoms with Gasteiger partial charge in [-0.1, -0.05) is 41.6 Å². The largest absolute Gasteiger partial charge is 0.493 e. The lowest BCUT2D eigenvalue weighted by atomic mass is 10.2. The number of aromatic nitrogens is 2. The molecular weight excluding hydrogens is 270 g/mol. The van der Waals surface area contributed by atoms with Crippen LogP contribution in [0.3, 0.4) is 0 Å². The lowest BCUT2D eigenvalue weighted by Gasteiger charge is -2.12. The van der Waals surface area contributed by atoms with Crippen LogP contribution < -0.4 is 5.73 Å². The van der Waals surface area contributed by atoms with Crippen molar-refractivity contribution in [3.8, 4) is 5.88 Å². The molecule has 1 atom stereocenters. The fraction of sp³-hybridized carbons (Fsp3) is 0.167. The highest BCUT2D eigenvalue weighted by Crippen LogP contribution is 2.36. The summed E-state index contributed by atoms with van der Waals surface area (Å²) in [5.41, 5.74) is 6.55. The number of nitrogen functional groups attached to an aromatic ring is 1. The molecule has 2 rings (SSSR count). The molecule has 0 saturated carbocycles. The zero-order chi connectivity index (χ0) is 13.1. The molecule has 94 valence electrons. The standard InChI is InChI=1S/C12H12ClN3OS/c1-7(8-4-2-3-5-9(8)13)18-12-15-10(14)6-11(17)16-12/h2-7H,1H3,(H3,14,15,16,17). The Morgan fingerprint density at radius 2 is 2.06 bits per heavy atom. The van der Waals surface area contributed by atoms with Crippen LogP contribution in [0.1, 0.15) is 17.7 Å². The molecule has 0 bridgehead atoms. The third-order valence-corrected chi connectivity index (χ3v) is 3.68. The minimum absolute atomic E-state index is 0.0694. The van der Waals surface area contributed by atoms with Gasteiger partial charge < -0.3 is 10.8 Å². The summed E-state index contributed by atoms with van der Waals surface area (Å²) in [5.74, 6) is 0.118. The van der Waals surface area contributed by atoms with Gasteiger partial charge in [-0.25, -0.2) is 4.98 Å². The normalized spacial score (nSPS) is 12.3. The Balaban J connectivity index is 2.21. The predicted molar refractivity (Wildman–Crippen MR) is 73.8 cm³/mol. The molecule has 6 heteroatoms. The Hall–Kier alpha value is -1.46. The van der Waals surface area contributed by atoms with Crippen LogP contribution in [0, 0.1) is 0 Å². The number of hydrogen-bond donors (Lipinski definition) is 2. The fourth-order valence-electron chi connectivity index (χ4n) is 1.51. The molecule has 18 heavy (non-hydrogen) atoms. The Kier molecular flexibility index (Phi) is 3.93. The zero-order valence-corrected chi connectivity index (χ0v) is 11.2. The number of benzene rings is 1. The van der Waals surface area contributed by atoms with E-state index < -0.39 is 0 Å². The second-order valence-corrected chi connectivity index (χ2v) is 5.43. The maximum Gasteiger partial charge on any atom is 0.216 e. The molecule has 0 spiro atoms. The van der Waals surface area contributed by atoms with E-state index in [4.69, 9.17) is 17.3 Å². The van der Waals surface area contributed by atoms with Crippen molar-refractivity contribution in [2.75, 3.05) is 5.73 Å². The summed E-state index contributed by atoms with van der Waals surface area (Å²) in [6.45, 7) is 2.00. The first-order chi connectivity index (χ1) is 8.56. The van der Waals surface area contributed by atoms with Gasteiger partial charge in [0.25, 0.3) is 0 Å². The Morgan fingerprint density at radius 1 is 1.33 bits per heavy atom. The van der Waals surface area contributed by atoms with Gasteiger partial charge in [-0.3, -0.25) is 0 Å². The molecule has 1 aromatic carbocycles. The van der Waals surface area contributed by atoms with Crippen LogP contribution in [-0.4, -0.2) is 15.1 Å². The SMILES string of the molecule is CC(Sc1nc(N)cc(O)n1)c1ccccc1Cl. The molecular formula is C12H12ClN3OS. The number of thioether (sulfide) groups is 1. The third kappa shape index (κ3) is 3.05. The van der Waals surface area contributed by atoms with Crippen LogP contribution in [0.15, 0.2) is 35.5 Å². The number of rotatable bonds is 3. The average molecular weight is 282 g/mol. The molecule has 4 nitrogen and oxygen atoms in total. The van der Waals surface area contributed by atoms with E-state index in [1.807, 2.05) is 31.2 Å². The molecule has 3 N–H and O–H groups in total. The van der Waals surface area contributed by atoms with Crippen LogP contribution in [-0.2, 0) is 0 Å². The van der Waals surface area contributed by atoms with Crippen molar-refractivity contribution in [1.29, 1.82) is 0 Å². The van der Waals surface area contributed by atoms with E-state index in [2.05, 4.69) is 9.97 Å². The summed E-state index contributed by atoms with van der Waals surface area (Å²) in [5, 5.41) is 10.6. The Bertz CT molecular complexity index is 545. The van der Waals surface area contributed by atoms with E-state index in [-0.39, 0.29) is 16.9 Å². The van der Waals surface area contributed by atoms with Crippen LogP contribution in [0.2, 0.25) is 5.02 Å². The second kappa shape index (κ2) is 5.46. The van der Waals surface area contributed by atoms with E-state index in [1.165, 1.54) is 17.8 Å². The quantitative estimate of drug-likeness (QED) is 0.667. The predicted octanol–water partition coefficient (Wildman–Crippen LogP) is 3.27. The van der Waals surface area contributed by atoms with Gasteiger partial charge in [0.05, 0.1) is 0 Å². The van der Waals surface area contributed by atoms with E-state index in [0.717, 1.165) is 5.56 Å². The first-order valence-corrected chi connectivity index (χ1v) is 6.56. The Morgan fingerprint density at radius 3 is 2.72 bits per heavy atom. The average Bonchev–Trinajstić information content (AvgIpc) is 2.27. The van der Waals surface area contributed by atoms with Gasteiger partial charge in [-0.05, 0) is 18.6 Å². The van der Waals surface area contributed by atoms with Gasteiger partial charge in [-0.15, -0.1) is 0 Å². The molecule has 0 aliphatic heterocycles. The zero-order valence-electron chi connectivity index (χ0n) is 9.67. The van der Waals surface area contributed by atoms with Gasteiger partial charge in [-0.2, -0.15) is 4.98 Å². The number of nitrogens with two attached hydrogens (primary N) is 1. The minimum atomic E-state index is -0.128. The molecule has 1 unspecified atom stereocenters. The molecule has 1 aromatic heterocycles. The van der Waals surface area contributed by atoms with Crippen molar-refractivity contribution in [2.24, 2.45) is 0 Å². The maximum absolute atomic E-state index is 9.36. The molecule has 0 fully saturated rings. The highest BCUT2D eigenvalue weighted by Gasteiger charge is 2.13. The molecule has 0 aliphatic carbocycles. The highest BCUT2D eigenvalue weighted by molar-refractivity contribution is 7.99. The van der Waals surface area contributed by atoms with Gasteiger partial charge in [0.1, 0.15) is 5.82 Å². The second-order valence-electron chi connectivity index (χ2n) is 3.72. The monoisotopic (exact) mass is 281 g/mol. The van der Waals surface area contributed by atoms with E-state index in [0.29, 0.717) is 10.2 Å². The van der Waals surface area contributed by atoms with Crippen molar-refractivity contribution in [3.05, 3.63) is 40.9 Å². The summed E-state index contributed by atoms with van der Waals surface area (Å²) in [6.07, 6.45) is 0. The third-order valence-electron chi connectivity index (χ3n) is 2.34. The number of anilines is 1. The Labute approximate surface area is 114 Å². The molecule has 0 aliphatic rings. The molecule has 0 saturated heterocycles. The summed E-state index contributed by atoms with van der Waals surface area (Å²) in [6, 6.07) is 8.91. The van der Waals surface area contributed by atoms with Crippen molar-refractivity contribution in [1.82, 2.24) is 9.97 Å². The molecule has 0 amide bonds. The molecule has 2 aromatic rings. The number of halogens is 1. The van der Waals surface area contributed by atoms with E-state index >= 15 is 0 Å². The fourth-order valence-corrected chi connectivity index (χ4v) is 2.83.